The van der Waals surface area contributed by atoms with Gasteiger partial charge in [-0.1, -0.05) is 12.1 Å². The summed E-state index contributed by atoms with van der Waals surface area (Å²) in [5, 5.41) is 0.915. The van der Waals surface area contributed by atoms with E-state index >= 15 is 0 Å². The Balaban J connectivity index is 2.37. The zero-order chi connectivity index (χ0) is 11.5. The summed E-state index contributed by atoms with van der Waals surface area (Å²) < 4.78 is 6.34. The Hall–Kier alpha value is -1.53. The monoisotopic (exact) mass is 276 g/mol. The average molecular weight is 277 g/mol. The highest BCUT2D eigenvalue weighted by Gasteiger charge is 2.12. The molecule has 1 aromatic heterocycles. The Labute approximate surface area is 102 Å². The minimum Gasteiger partial charge on any atom is -0.452 e. The normalized spacial score (nSPS) is 10.2. The van der Waals surface area contributed by atoms with E-state index in [0.29, 0.717) is 24.2 Å². The molecule has 0 spiro atoms. The number of hydrogen-bond acceptors (Lipinski definition) is 2. The number of benzene rings is 1. The van der Waals surface area contributed by atoms with E-state index in [9.17, 15) is 4.79 Å². The molecule has 0 atom stereocenters. The Morgan fingerprint density at radius 1 is 1.50 bits per heavy atom. The van der Waals surface area contributed by atoms with Gasteiger partial charge in [-0.3, -0.25) is 4.79 Å². The van der Waals surface area contributed by atoms with Gasteiger partial charge in [-0.25, -0.2) is 0 Å². The van der Waals surface area contributed by atoms with Crippen LogP contribution >= 0.6 is 15.9 Å². The van der Waals surface area contributed by atoms with Gasteiger partial charge in [-0.05, 0) is 28.1 Å². The smallest absolute Gasteiger partial charge is 0.198 e. The van der Waals surface area contributed by atoms with Crippen molar-refractivity contribution < 1.29 is 9.21 Å². The van der Waals surface area contributed by atoms with Gasteiger partial charge >= 0.3 is 0 Å². The number of carbonyl (C=O) groups is 1. The van der Waals surface area contributed by atoms with E-state index in [-0.39, 0.29) is 5.78 Å². The van der Waals surface area contributed by atoms with E-state index in [1.165, 1.54) is 0 Å². The summed E-state index contributed by atoms with van der Waals surface area (Å²) in [6.45, 7) is 0. The largest absolute Gasteiger partial charge is 0.452 e. The molecule has 80 valence electrons. The van der Waals surface area contributed by atoms with Crippen molar-refractivity contribution in [2.24, 2.45) is 0 Å². The van der Waals surface area contributed by atoms with Crippen molar-refractivity contribution in [2.45, 2.75) is 12.8 Å². The van der Waals surface area contributed by atoms with Gasteiger partial charge in [0.25, 0.3) is 0 Å². The summed E-state index contributed by atoms with van der Waals surface area (Å²) in [6, 6.07) is 7.43. The number of terminal acetylenes is 1. The van der Waals surface area contributed by atoms with Crippen LogP contribution in [0.3, 0.4) is 0 Å². The number of Topliss-reactive ketones (excluding diaryl/α,β-unsaturated/α-hetero) is 1. The summed E-state index contributed by atoms with van der Waals surface area (Å²) >= 11 is 3.37. The highest BCUT2D eigenvalue weighted by Crippen LogP contribution is 2.27. The molecule has 0 N–H and O–H groups in total. The Bertz CT molecular complexity index is 575. The molecule has 0 saturated carbocycles. The van der Waals surface area contributed by atoms with E-state index in [4.69, 9.17) is 10.8 Å². The Morgan fingerprint density at radius 3 is 3.00 bits per heavy atom. The zero-order valence-corrected chi connectivity index (χ0v) is 10.1. The number of furan rings is 1. The number of carbonyl (C=O) groups excluding carboxylic acids is 1. The van der Waals surface area contributed by atoms with Crippen molar-refractivity contribution in [3.63, 3.8) is 0 Å². The van der Waals surface area contributed by atoms with Gasteiger partial charge in [-0.15, -0.1) is 12.3 Å². The second-order valence-corrected chi connectivity index (χ2v) is 4.25. The summed E-state index contributed by atoms with van der Waals surface area (Å²) in [6.07, 6.45) is 5.88. The van der Waals surface area contributed by atoms with E-state index in [0.717, 1.165) is 9.86 Å². The maximum atomic E-state index is 11.7. The van der Waals surface area contributed by atoms with Gasteiger partial charge in [0.1, 0.15) is 5.58 Å². The van der Waals surface area contributed by atoms with Crippen molar-refractivity contribution >= 4 is 32.7 Å². The first-order valence-electron chi connectivity index (χ1n) is 4.87. The predicted molar refractivity (Wildman–Crippen MR) is 66.3 cm³/mol. The molecule has 1 aromatic carbocycles. The van der Waals surface area contributed by atoms with Crippen LogP contribution in [-0.4, -0.2) is 5.78 Å². The average Bonchev–Trinajstić information content (AvgIpc) is 2.71. The molecule has 0 bridgehead atoms. The highest BCUT2D eigenvalue weighted by molar-refractivity contribution is 9.10. The number of fused-ring (bicyclic) bond motifs is 1. The maximum Gasteiger partial charge on any atom is 0.198 e. The molecule has 16 heavy (non-hydrogen) atoms. The predicted octanol–water partition coefficient (Wildman–Crippen LogP) is 3.79. The Kier molecular flexibility index (Phi) is 3.12. The van der Waals surface area contributed by atoms with E-state index in [1.807, 2.05) is 18.2 Å². The third kappa shape index (κ3) is 2.02. The molecule has 2 rings (SSSR count). The molecular formula is C13H9BrO2. The lowest BCUT2D eigenvalue weighted by atomic mass is 10.2. The standard InChI is InChI=1S/C13H9BrO2/c1-2-3-7-11(15)12-8-9-5-4-6-10(14)13(9)16-12/h1,4-6,8H,3,7H2. The highest BCUT2D eigenvalue weighted by atomic mass is 79.9. The van der Waals surface area contributed by atoms with Crippen LogP contribution in [-0.2, 0) is 0 Å². The lowest BCUT2D eigenvalue weighted by Gasteiger charge is -1.92. The molecule has 0 amide bonds. The van der Waals surface area contributed by atoms with Gasteiger partial charge < -0.3 is 4.42 Å². The van der Waals surface area contributed by atoms with Gasteiger partial charge in [0.2, 0.25) is 0 Å². The molecule has 0 fully saturated rings. The molecule has 0 unspecified atom stereocenters. The summed E-state index contributed by atoms with van der Waals surface area (Å²) in [7, 11) is 0. The molecule has 2 aromatic rings. The number of ketones is 1. The lowest BCUT2D eigenvalue weighted by molar-refractivity contribution is 0.0959. The van der Waals surface area contributed by atoms with Crippen LogP contribution in [0.15, 0.2) is 33.2 Å². The van der Waals surface area contributed by atoms with Crippen LogP contribution in [0.1, 0.15) is 23.4 Å². The molecule has 1 heterocycles. The van der Waals surface area contributed by atoms with Crippen LogP contribution in [0.5, 0.6) is 0 Å². The SMILES string of the molecule is C#CCCC(=O)c1cc2cccc(Br)c2o1. The van der Waals surface area contributed by atoms with Crippen molar-refractivity contribution in [3.8, 4) is 12.3 Å². The van der Waals surface area contributed by atoms with Crippen LogP contribution in [0.2, 0.25) is 0 Å². The first kappa shape index (κ1) is 11.0. The Morgan fingerprint density at radius 2 is 2.31 bits per heavy atom. The molecule has 0 aliphatic rings. The third-order valence-electron chi connectivity index (χ3n) is 2.27. The fraction of sp³-hybridized carbons (Fsp3) is 0.154. The van der Waals surface area contributed by atoms with Gasteiger partial charge in [0.05, 0.1) is 4.47 Å². The first-order chi connectivity index (χ1) is 7.72. The second-order valence-electron chi connectivity index (χ2n) is 3.40. The van der Waals surface area contributed by atoms with E-state index < -0.39 is 0 Å². The minimum absolute atomic E-state index is 0.0546. The molecule has 0 aliphatic carbocycles. The fourth-order valence-corrected chi connectivity index (χ4v) is 1.94. The number of hydrogen-bond donors (Lipinski definition) is 0. The van der Waals surface area contributed by atoms with Gasteiger partial charge in [0.15, 0.2) is 11.5 Å². The molecule has 3 heteroatoms. The van der Waals surface area contributed by atoms with Gasteiger partial charge in [-0.2, -0.15) is 0 Å². The van der Waals surface area contributed by atoms with Crippen LogP contribution in [0.4, 0.5) is 0 Å². The van der Waals surface area contributed by atoms with Crippen molar-refractivity contribution in [1.29, 1.82) is 0 Å². The van der Waals surface area contributed by atoms with Gasteiger partial charge in [0, 0.05) is 18.2 Å². The quantitative estimate of drug-likeness (QED) is 0.631. The fourth-order valence-electron chi connectivity index (χ4n) is 1.47. The minimum atomic E-state index is -0.0546. The molecular weight excluding hydrogens is 268 g/mol. The van der Waals surface area contributed by atoms with E-state index in [2.05, 4.69) is 21.9 Å². The lowest BCUT2D eigenvalue weighted by Crippen LogP contribution is -1.95. The second kappa shape index (κ2) is 4.54. The molecule has 2 nitrogen and oxygen atoms in total. The van der Waals surface area contributed by atoms with Crippen LogP contribution in [0, 0.1) is 12.3 Å². The van der Waals surface area contributed by atoms with Crippen molar-refractivity contribution in [2.75, 3.05) is 0 Å². The first-order valence-corrected chi connectivity index (χ1v) is 5.66. The molecule has 0 saturated heterocycles. The number of halogens is 1. The summed E-state index contributed by atoms with van der Waals surface area (Å²) in [5.41, 5.74) is 0.701. The third-order valence-corrected chi connectivity index (χ3v) is 2.89. The topological polar surface area (TPSA) is 30.2 Å². The maximum absolute atomic E-state index is 11.7. The number of rotatable bonds is 3. The van der Waals surface area contributed by atoms with Crippen LogP contribution < -0.4 is 0 Å². The van der Waals surface area contributed by atoms with Crippen molar-refractivity contribution in [1.82, 2.24) is 0 Å². The van der Waals surface area contributed by atoms with Crippen LogP contribution in [0.25, 0.3) is 11.0 Å². The summed E-state index contributed by atoms with van der Waals surface area (Å²) in [4.78, 5) is 11.7. The van der Waals surface area contributed by atoms with Crippen molar-refractivity contribution in [3.05, 3.63) is 34.5 Å². The molecule has 0 radical (unpaired) electrons. The number of para-hydroxylation sites is 1. The summed E-state index contributed by atoms with van der Waals surface area (Å²) in [5.74, 6) is 2.76. The molecule has 0 aliphatic heterocycles. The van der Waals surface area contributed by atoms with E-state index in [1.54, 1.807) is 6.07 Å². The zero-order valence-electron chi connectivity index (χ0n) is 8.50.